The van der Waals surface area contributed by atoms with Crippen LogP contribution in [-0.4, -0.2) is 65.3 Å². The number of aliphatic hydroxyl groups excluding tert-OH is 1. The molecule has 0 fully saturated rings. The van der Waals surface area contributed by atoms with Gasteiger partial charge < -0.3 is 22.9 Å². The molecule has 0 aromatic rings. The summed E-state index contributed by atoms with van der Waals surface area (Å²) in [5.41, 5.74) is -0.496. The Morgan fingerprint density at radius 2 is 2.00 bits per heavy atom. The van der Waals surface area contributed by atoms with Crippen molar-refractivity contribution in [2.75, 3.05) is 19.8 Å². The average Bonchev–Trinajstić information content (AvgIpc) is 2.50. The topological polar surface area (TPSA) is 88.1 Å². The molecular formula is C14H27FIN2O5P. The van der Waals surface area contributed by atoms with E-state index in [1.165, 1.54) is 0 Å². The highest BCUT2D eigenvalue weighted by Gasteiger charge is 2.34. The van der Waals surface area contributed by atoms with Gasteiger partial charge in [-0.15, -0.1) is 0 Å². The van der Waals surface area contributed by atoms with Gasteiger partial charge in [-0.3, -0.25) is 9.59 Å². The van der Waals surface area contributed by atoms with E-state index in [1.807, 2.05) is 13.8 Å². The van der Waals surface area contributed by atoms with E-state index in [-0.39, 0.29) is 19.8 Å². The maximum atomic E-state index is 13.2. The first-order valence-electron chi connectivity index (χ1n) is 7.59. The smallest absolute Gasteiger partial charge is 0.260 e. The predicted molar refractivity (Wildman–Crippen MR) is 100 cm³/mol. The van der Waals surface area contributed by atoms with Crippen LogP contribution in [0.2, 0.25) is 0 Å². The summed E-state index contributed by atoms with van der Waals surface area (Å²) < 4.78 is 24.9. The third-order valence-electron chi connectivity index (χ3n) is 3.36. The van der Waals surface area contributed by atoms with Gasteiger partial charge in [0.2, 0.25) is 5.91 Å². The third-order valence-corrected chi connectivity index (χ3v) is 4.73. The summed E-state index contributed by atoms with van der Waals surface area (Å²) in [6.45, 7) is 6.88. The van der Waals surface area contributed by atoms with Crippen molar-refractivity contribution in [3.8, 4) is 0 Å². The van der Waals surface area contributed by atoms with Crippen molar-refractivity contribution < 1.29 is 26.9 Å². The second-order valence-corrected chi connectivity index (χ2v) is 7.04. The number of halogens is 2. The number of hydrogen-bond acceptors (Lipinski definition) is 5. The van der Waals surface area contributed by atoms with Gasteiger partial charge >= 0.3 is 0 Å². The molecule has 0 saturated carbocycles. The second kappa shape index (κ2) is 11.5. The van der Waals surface area contributed by atoms with Crippen LogP contribution in [0.3, 0.4) is 0 Å². The highest BCUT2D eigenvalue weighted by atomic mass is 127. The van der Waals surface area contributed by atoms with Crippen molar-refractivity contribution in [2.45, 2.75) is 58.0 Å². The molecule has 2 N–H and O–H groups in total. The van der Waals surface area contributed by atoms with Gasteiger partial charge in [-0.25, -0.2) is 4.39 Å². The zero-order valence-electron chi connectivity index (χ0n) is 14.4. The van der Waals surface area contributed by atoms with Gasteiger partial charge in [0.1, 0.15) is 29.0 Å². The normalized spacial score (nSPS) is 15.5. The average molecular weight is 480 g/mol. The maximum Gasteiger partial charge on any atom is 0.260 e. The van der Waals surface area contributed by atoms with Crippen LogP contribution in [0.4, 0.5) is 4.39 Å². The number of carbonyl (C=O) groups excluding carboxylic acids is 2. The molecule has 0 aliphatic rings. The zero-order valence-corrected chi connectivity index (χ0v) is 17.7. The number of aliphatic hydroxyl groups is 1. The summed E-state index contributed by atoms with van der Waals surface area (Å²) in [4.78, 5) is 24.1. The number of nitrogens with zero attached hydrogens (tertiary/aromatic N) is 1. The minimum absolute atomic E-state index is 0.0114. The molecule has 0 aromatic carbocycles. The molecule has 0 radical (unpaired) electrons. The number of amides is 2. The van der Waals surface area contributed by atoms with Crippen molar-refractivity contribution in [3.05, 3.63) is 0 Å². The van der Waals surface area contributed by atoms with Gasteiger partial charge in [-0.05, 0) is 43.5 Å². The van der Waals surface area contributed by atoms with Crippen LogP contribution in [0.25, 0.3) is 0 Å². The van der Waals surface area contributed by atoms with Crippen LogP contribution in [0, 0.1) is 0 Å². The van der Waals surface area contributed by atoms with Crippen molar-refractivity contribution in [1.82, 2.24) is 9.99 Å². The number of alkyl halides is 1. The number of rotatable bonds is 11. The molecule has 142 valence electrons. The van der Waals surface area contributed by atoms with E-state index >= 15 is 0 Å². The molecule has 0 spiro atoms. The highest BCUT2D eigenvalue weighted by Crippen LogP contribution is 2.18. The van der Waals surface area contributed by atoms with Gasteiger partial charge in [-0.2, -0.15) is 0 Å². The Labute approximate surface area is 159 Å². The van der Waals surface area contributed by atoms with E-state index in [9.17, 15) is 14.0 Å². The molecule has 10 heteroatoms. The van der Waals surface area contributed by atoms with Gasteiger partial charge in [0.05, 0.1) is 18.3 Å². The first-order chi connectivity index (χ1) is 11.1. The SMILES string of the molecule is CC(OI)C(C(=O)NCCOC(C)(C)CCO)N(P)C(=O)[C@H](C)F. The molecule has 7 nitrogen and oxygen atoms in total. The molecule has 0 aliphatic heterocycles. The van der Waals surface area contributed by atoms with Crippen LogP contribution in [0.1, 0.15) is 34.1 Å². The fourth-order valence-corrected chi connectivity index (χ4v) is 2.77. The highest BCUT2D eigenvalue weighted by molar-refractivity contribution is 14.1. The summed E-state index contributed by atoms with van der Waals surface area (Å²) in [5, 5.41) is 11.6. The van der Waals surface area contributed by atoms with E-state index in [0.29, 0.717) is 6.42 Å². The zero-order chi connectivity index (χ0) is 18.9. The van der Waals surface area contributed by atoms with Crippen LogP contribution >= 0.6 is 32.4 Å². The van der Waals surface area contributed by atoms with Gasteiger partial charge in [0.15, 0.2) is 6.17 Å². The molecule has 3 unspecified atom stereocenters. The van der Waals surface area contributed by atoms with Crippen molar-refractivity contribution >= 4 is 44.2 Å². The summed E-state index contributed by atoms with van der Waals surface area (Å²) in [5.74, 6) is -1.28. The molecule has 0 aromatic heterocycles. The van der Waals surface area contributed by atoms with Crippen molar-refractivity contribution in [1.29, 1.82) is 0 Å². The molecular weight excluding hydrogens is 453 g/mol. The van der Waals surface area contributed by atoms with Crippen LogP contribution in [0.15, 0.2) is 0 Å². The molecule has 24 heavy (non-hydrogen) atoms. The number of ether oxygens (including phenoxy) is 1. The van der Waals surface area contributed by atoms with E-state index < -0.39 is 35.7 Å². The number of carbonyl (C=O) groups is 2. The Bertz CT molecular complexity index is 415. The molecule has 4 atom stereocenters. The molecule has 0 bridgehead atoms. The van der Waals surface area contributed by atoms with Gasteiger partial charge in [0.25, 0.3) is 5.91 Å². The van der Waals surface area contributed by atoms with Crippen molar-refractivity contribution in [3.63, 3.8) is 0 Å². The van der Waals surface area contributed by atoms with Gasteiger partial charge in [-0.1, -0.05) is 0 Å². The summed E-state index contributed by atoms with van der Waals surface area (Å²) >= 11 is 1.63. The molecule has 0 aliphatic carbocycles. The first kappa shape index (κ1) is 23.9. The molecule has 0 saturated heterocycles. The lowest BCUT2D eigenvalue weighted by Gasteiger charge is -2.30. The second-order valence-electron chi connectivity index (χ2n) is 5.97. The first-order valence-corrected chi connectivity index (χ1v) is 8.99. The van der Waals surface area contributed by atoms with E-state index in [0.717, 1.165) is 11.6 Å². The van der Waals surface area contributed by atoms with Crippen LogP contribution in [0.5, 0.6) is 0 Å². The number of hydrogen-bond donors (Lipinski definition) is 2. The standard InChI is InChI=1S/C14H27FIN2O5P/c1-9(15)13(21)18(24)11(10(2)23-16)12(20)17-6-8-22-14(3,4)5-7-19/h9-11,19H,5-8,24H2,1-4H3,(H,17,20)/t9-,10?,11?/m0/s1. The Kier molecular flexibility index (Phi) is 11.5. The Morgan fingerprint density at radius 3 is 2.46 bits per heavy atom. The monoisotopic (exact) mass is 480 g/mol. The lowest BCUT2D eigenvalue weighted by atomic mass is 10.1. The Balaban J connectivity index is 4.66. The fraction of sp³-hybridized carbons (Fsp3) is 0.857. The molecule has 2 amide bonds. The Morgan fingerprint density at radius 1 is 1.42 bits per heavy atom. The Hall–Kier alpha value is -0.0900. The van der Waals surface area contributed by atoms with Crippen molar-refractivity contribution in [2.24, 2.45) is 0 Å². The molecule has 0 heterocycles. The lowest BCUT2D eigenvalue weighted by molar-refractivity contribution is -0.139. The van der Waals surface area contributed by atoms with E-state index in [2.05, 4.69) is 14.7 Å². The number of nitrogens with one attached hydrogen (secondary N) is 1. The van der Waals surface area contributed by atoms with Gasteiger partial charge in [0, 0.05) is 13.2 Å². The van der Waals surface area contributed by atoms with Crippen LogP contribution in [-0.2, 0) is 17.4 Å². The summed E-state index contributed by atoms with van der Waals surface area (Å²) in [7, 11) is 2.07. The summed E-state index contributed by atoms with van der Waals surface area (Å²) in [6.07, 6.45) is -1.87. The minimum atomic E-state index is -1.72. The predicted octanol–water partition coefficient (Wildman–Crippen LogP) is 1.38. The van der Waals surface area contributed by atoms with E-state index in [4.69, 9.17) is 12.9 Å². The van der Waals surface area contributed by atoms with E-state index in [1.54, 1.807) is 29.9 Å². The minimum Gasteiger partial charge on any atom is -0.396 e. The third kappa shape index (κ3) is 8.33. The maximum absolute atomic E-state index is 13.2. The quantitative estimate of drug-likeness (QED) is 0.265. The fourth-order valence-electron chi connectivity index (χ4n) is 1.90. The van der Waals surface area contributed by atoms with Crippen LogP contribution < -0.4 is 5.32 Å². The largest absolute Gasteiger partial charge is 0.396 e. The molecule has 0 rings (SSSR count). The lowest BCUT2D eigenvalue weighted by Crippen LogP contribution is -2.52. The summed E-state index contributed by atoms with van der Waals surface area (Å²) in [6, 6.07) is -0.983.